The van der Waals surface area contributed by atoms with Crippen LogP contribution < -0.4 is 5.32 Å². The van der Waals surface area contributed by atoms with Gasteiger partial charge >= 0.3 is 0 Å². The lowest BCUT2D eigenvalue weighted by Gasteiger charge is -2.32. The van der Waals surface area contributed by atoms with Crippen LogP contribution in [-0.2, 0) is 0 Å². The zero-order valence-electron chi connectivity index (χ0n) is 11.7. The largest absolute Gasteiger partial charge is 0.311 e. The predicted octanol–water partition coefficient (Wildman–Crippen LogP) is 4.66. The molecule has 0 amide bonds. The molecular weight excluding hydrogens is 206 g/mol. The summed E-state index contributed by atoms with van der Waals surface area (Å²) < 4.78 is 0. The minimum absolute atomic E-state index is 0.846. The lowest BCUT2D eigenvalue weighted by molar-refractivity contribution is 0.253. The van der Waals surface area contributed by atoms with Gasteiger partial charge in [-0.25, -0.2) is 0 Å². The molecule has 0 bridgehead atoms. The molecule has 0 aliphatic heterocycles. The van der Waals surface area contributed by atoms with Gasteiger partial charge in [-0.3, -0.25) is 0 Å². The average Bonchev–Trinajstić information content (AvgIpc) is 2.33. The second kappa shape index (κ2) is 7.41. The third-order valence-electron chi connectivity index (χ3n) is 5.00. The molecule has 2 saturated carbocycles. The Balaban J connectivity index is 1.68. The fourth-order valence-corrected chi connectivity index (χ4v) is 3.69. The quantitative estimate of drug-likeness (QED) is 0.753. The monoisotopic (exact) mass is 237 g/mol. The smallest absolute Gasteiger partial charge is 0.00698 e. The van der Waals surface area contributed by atoms with Gasteiger partial charge < -0.3 is 5.32 Å². The summed E-state index contributed by atoms with van der Waals surface area (Å²) in [6.45, 7) is 2.35. The molecule has 0 unspecified atom stereocenters. The van der Waals surface area contributed by atoms with E-state index in [1.165, 1.54) is 77.0 Å². The maximum Gasteiger partial charge on any atom is 0.00698 e. The molecule has 1 N–H and O–H groups in total. The molecule has 2 aliphatic rings. The van der Waals surface area contributed by atoms with E-state index in [0.29, 0.717) is 0 Å². The third kappa shape index (κ3) is 4.62. The molecule has 17 heavy (non-hydrogen) atoms. The van der Waals surface area contributed by atoms with Crippen molar-refractivity contribution in [1.82, 2.24) is 5.32 Å². The Hall–Kier alpha value is -0.0400. The van der Waals surface area contributed by atoms with Crippen LogP contribution in [0.5, 0.6) is 0 Å². The summed E-state index contributed by atoms with van der Waals surface area (Å²) in [6.07, 6.45) is 17.4. The Morgan fingerprint density at radius 3 is 1.82 bits per heavy atom. The first-order valence-electron chi connectivity index (χ1n) is 8.14. The fourth-order valence-electron chi connectivity index (χ4n) is 3.69. The Morgan fingerprint density at radius 2 is 1.24 bits per heavy atom. The van der Waals surface area contributed by atoms with E-state index < -0.39 is 0 Å². The van der Waals surface area contributed by atoms with Gasteiger partial charge in [-0.15, -0.1) is 0 Å². The van der Waals surface area contributed by atoms with Crippen LogP contribution in [0.15, 0.2) is 0 Å². The highest BCUT2D eigenvalue weighted by Gasteiger charge is 2.22. The average molecular weight is 237 g/mol. The first kappa shape index (κ1) is 13.4. The molecule has 0 saturated heterocycles. The summed E-state index contributed by atoms with van der Waals surface area (Å²) in [5.41, 5.74) is 0. The van der Waals surface area contributed by atoms with E-state index in [1.807, 2.05) is 0 Å². The van der Waals surface area contributed by atoms with Crippen molar-refractivity contribution >= 4 is 0 Å². The van der Waals surface area contributed by atoms with E-state index in [2.05, 4.69) is 12.2 Å². The maximum atomic E-state index is 3.97. The van der Waals surface area contributed by atoms with Crippen LogP contribution in [0.1, 0.15) is 84.0 Å². The topological polar surface area (TPSA) is 12.0 Å². The fraction of sp³-hybridized carbons (Fsp3) is 1.00. The molecule has 0 atom stereocenters. The zero-order valence-corrected chi connectivity index (χ0v) is 11.7. The molecule has 0 radical (unpaired) electrons. The molecule has 0 heterocycles. The molecule has 1 nitrogen and oxygen atoms in total. The second-order valence-electron chi connectivity index (χ2n) is 6.33. The van der Waals surface area contributed by atoms with Gasteiger partial charge in [-0.2, -0.15) is 0 Å². The van der Waals surface area contributed by atoms with Gasteiger partial charge in [0.05, 0.1) is 0 Å². The lowest BCUT2D eigenvalue weighted by Crippen LogP contribution is -2.40. The molecule has 0 aromatic heterocycles. The molecule has 100 valence electrons. The van der Waals surface area contributed by atoms with Crippen molar-refractivity contribution in [3.05, 3.63) is 0 Å². The minimum atomic E-state index is 0.846. The summed E-state index contributed by atoms with van der Waals surface area (Å²) in [6, 6.07) is 1.70. The Bertz CT molecular complexity index is 186. The summed E-state index contributed by atoms with van der Waals surface area (Å²) in [5.74, 6) is 1.03. The van der Waals surface area contributed by atoms with E-state index in [1.54, 1.807) is 0 Å². The standard InChI is InChI=1S/C16H31N/c1-2-14-10-12-16(13-11-14)17-15-8-6-4-3-5-7-9-15/h14-17H,2-13H2,1H3. The van der Waals surface area contributed by atoms with E-state index in [-0.39, 0.29) is 0 Å². The van der Waals surface area contributed by atoms with Gasteiger partial charge in [0, 0.05) is 12.1 Å². The highest BCUT2D eigenvalue weighted by molar-refractivity contribution is 4.80. The van der Waals surface area contributed by atoms with Crippen LogP contribution in [0.25, 0.3) is 0 Å². The predicted molar refractivity (Wildman–Crippen MR) is 75.3 cm³/mol. The van der Waals surface area contributed by atoms with Crippen molar-refractivity contribution in [2.24, 2.45) is 5.92 Å². The summed E-state index contributed by atoms with van der Waals surface area (Å²) in [7, 11) is 0. The van der Waals surface area contributed by atoms with Crippen LogP contribution in [0.3, 0.4) is 0 Å². The van der Waals surface area contributed by atoms with Gasteiger partial charge in [-0.05, 0) is 44.4 Å². The Kier molecular flexibility index (Phi) is 5.84. The summed E-state index contributed by atoms with van der Waals surface area (Å²) >= 11 is 0. The zero-order chi connectivity index (χ0) is 11.9. The highest BCUT2D eigenvalue weighted by atomic mass is 14.9. The molecule has 0 aromatic carbocycles. The highest BCUT2D eigenvalue weighted by Crippen LogP contribution is 2.27. The van der Waals surface area contributed by atoms with Gasteiger partial charge in [0.25, 0.3) is 0 Å². The lowest BCUT2D eigenvalue weighted by atomic mass is 9.84. The van der Waals surface area contributed by atoms with Crippen LogP contribution in [0, 0.1) is 5.92 Å². The van der Waals surface area contributed by atoms with E-state index in [0.717, 1.165) is 18.0 Å². The van der Waals surface area contributed by atoms with Crippen molar-refractivity contribution in [2.75, 3.05) is 0 Å². The SMILES string of the molecule is CCC1CCC(NC2CCCCCCC2)CC1. The van der Waals surface area contributed by atoms with Crippen LogP contribution in [0.2, 0.25) is 0 Å². The first-order chi connectivity index (χ1) is 8.38. The molecule has 1 heteroatoms. The third-order valence-corrected chi connectivity index (χ3v) is 5.00. The second-order valence-corrected chi connectivity index (χ2v) is 6.33. The van der Waals surface area contributed by atoms with E-state index in [4.69, 9.17) is 0 Å². The summed E-state index contributed by atoms with van der Waals surface area (Å²) in [4.78, 5) is 0. The molecule has 2 aliphatic carbocycles. The van der Waals surface area contributed by atoms with Gasteiger partial charge in [0.1, 0.15) is 0 Å². The van der Waals surface area contributed by atoms with Gasteiger partial charge in [0.2, 0.25) is 0 Å². The number of rotatable bonds is 3. The van der Waals surface area contributed by atoms with Crippen molar-refractivity contribution in [3.63, 3.8) is 0 Å². The number of nitrogens with one attached hydrogen (secondary N) is 1. The molecule has 2 fully saturated rings. The van der Waals surface area contributed by atoms with Crippen LogP contribution in [-0.4, -0.2) is 12.1 Å². The minimum Gasteiger partial charge on any atom is -0.311 e. The maximum absolute atomic E-state index is 3.97. The van der Waals surface area contributed by atoms with E-state index >= 15 is 0 Å². The van der Waals surface area contributed by atoms with E-state index in [9.17, 15) is 0 Å². The summed E-state index contributed by atoms with van der Waals surface area (Å²) in [5, 5.41) is 3.97. The Labute approximate surface area is 108 Å². The van der Waals surface area contributed by atoms with Gasteiger partial charge in [0.15, 0.2) is 0 Å². The Morgan fingerprint density at radius 1 is 0.706 bits per heavy atom. The van der Waals surface area contributed by atoms with Gasteiger partial charge in [-0.1, -0.05) is 45.4 Å². The molecule has 2 rings (SSSR count). The first-order valence-corrected chi connectivity index (χ1v) is 8.14. The normalized spacial score (nSPS) is 33.0. The molecule has 0 spiro atoms. The van der Waals surface area contributed by atoms with Crippen LogP contribution >= 0.6 is 0 Å². The van der Waals surface area contributed by atoms with Crippen molar-refractivity contribution in [2.45, 2.75) is 96.1 Å². The molecule has 0 aromatic rings. The number of hydrogen-bond donors (Lipinski definition) is 1. The number of hydrogen-bond acceptors (Lipinski definition) is 1. The van der Waals surface area contributed by atoms with Crippen molar-refractivity contribution in [1.29, 1.82) is 0 Å². The van der Waals surface area contributed by atoms with Crippen molar-refractivity contribution < 1.29 is 0 Å². The molecular formula is C16H31N. The van der Waals surface area contributed by atoms with Crippen LogP contribution in [0.4, 0.5) is 0 Å². The van der Waals surface area contributed by atoms with Crippen molar-refractivity contribution in [3.8, 4) is 0 Å².